The summed E-state index contributed by atoms with van der Waals surface area (Å²) in [5.41, 5.74) is 2.76. The molecule has 144 valence electrons. The second-order valence-electron chi connectivity index (χ2n) is 6.58. The van der Waals surface area contributed by atoms with E-state index in [1.54, 1.807) is 19.2 Å². The number of aromatic amines is 1. The van der Waals surface area contributed by atoms with Gasteiger partial charge in [-0.2, -0.15) is 0 Å². The van der Waals surface area contributed by atoms with Gasteiger partial charge in [0.05, 0.1) is 29.9 Å². The summed E-state index contributed by atoms with van der Waals surface area (Å²) in [6.45, 7) is 1.83. The number of amides is 1. The molecule has 7 nitrogen and oxygen atoms in total. The molecule has 0 unspecified atom stereocenters. The van der Waals surface area contributed by atoms with Crippen molar-refractivity contribution in [3.8, 4) is 5.75 Å². The van der Waals surface area contributed by atoms with Gasteiger partial charge in [-0.05, 0) is 31.2 Å². The van der Waals surface area contributed by atoms with Crippen molar-refractivity contribution in [2.24, 2.45) is 5.16 Å². The Morgan fingerprint density at radius 1 is 1.36 bits per heavy atom. The molecule has 28 heavy (non-hydrogen) atoms. The minimum atomic E-state index is -0.759. The van der Waals surface area contributed by atoms with Gasteiger partial charge in [0, 0.05) is 18.1 Å². The number of imidazole rings is 1. The number of benzene rings is 2. The maximum Gasteiger partial charge on any atom is 0.264 e. The van der Waals surface area contributed by atoms with Gasteiger partial charge < -0.3 is 19.9 Å². The number of ether oxygens (including phenoxy) is 1. The quantitative estimate of drug-likeness (QED) is 0.710. The molecule has 8 heteroatoms. The number of oxime groups is 1. The van der Waals surface area contributed by atoms with E-state index in [0.717, 1.165) is 16.8 Å². The predicted octanol–water partition coefficient (Wildman–Crippen LogP) is 3.08. The number of halogens is 1. The molecule has 2 heterocycles. The average Bonchev–Trinajstić information content (AvgIpc) is 3.34. The highest BCUT2D eigenvalue weighted by atomic mass is 19.1. The Balaban J connectivity index is 1.41. The Hall–Kier alpha value is -3.42. The summed E-state index contributed by atoms with van der Waals surface area (Å²) in [6.07, 6.45) is -0.482. The smallest absolute Gasteiger partial charge is 0.264 e. The van der Waals surface area contributed by atoms with Crippen molar-refractivity contribution < 1.29 is 18.8 Å². The second-order valence-corrected chi connectivity index (χ2v) is 6.58. The number of rotatable bonds is 5. The van der Waals surface area contributed by atoms with E-state index in [9.17, 15) is 9.18 Å². The highest BCUT2D eigenvalue weighted by Gasteiger charge is 2.30. The fraction of sp³-hybridized carbons (Fsp3) is 0.250. The van der Waals surface area contributed by atoms with Gasteiger partial charge in [-0.15, -0.1) is 0 Å². The third-order valence-electron chi connectivity index (χ3n) is 4.60. The zero-order valence-electron chi connectivity index (χ0n) is 15.4. The third kappa shape index (κ3) is 3.53. The molecule has 0 spiro atoms. The summed E-state index contributed by atoms with van der Waals surface area (Å²) in [6, 6.07) is 11.2. The molecule has 2 N–H and O–H groups in total. The van der Waals surface area contributed by atoms with Crippen molar-refractivity contribution in [1.29, 1.82) is 0 Å². The van der Waals surface area contributed by atoms with Crippen molar-refractivity contribution in [3.05, 3.63) is 59.7 Å². The van der Waals surface area contributed by atoms with Gasteiger partial charge in [-0.1, -0.05) is 17.3 Å². The van der Waals surface area contributed by atoms with E-state index < -0.39 is 6.10 Å². The third-order valence-corrected chi connectivity index (χ3v) is 4.60. The number of nitrogens with zero attached hydrogens (tertiary/aromatic N) is 2. The molecule has 1 aliphatic rings. The molecule has 1 amide bonds. The van der Waals surface area contributed by atoms with Crippen LogP contribution in [-0.4, -0.2) is 34.8 Å². The Labute approximate surface area is 160 Å². The summed E-state index contributed by atoms with van der Waals surface area (Å²) < 4.78 is 18.6. The molecular weight excluding hydrogens is 363 g/mol. The van der Waals surface area contributed by atoms with Gasteiger partial charge in [0.25, 0.3) is 5.91 Å². The largest absolute Gasteiger partial charge is 0.497 e. The molecule has 1 aliphatic heterocycles. The average molecular weight is 382 g/mol. The van der Waals surface area contributed by atoms with Gasteiger partial charge in [0.2, 0.25) is 6.10 Å². The van der Waals surface area contributed by atoms with E-state index in [2.05, 4.69) is 20.4 Å². The maximum absolute atomic E-state index is 13.4. The minimum Gasteiger partial charge on any atom is -0.497 e. The van der Waals surface area contributed by atoms with Crippen molar-refractivity contribution in [2.75, 3.05) is 7.11 Å². The van der Waals surface area contributed by atoms with E-state index in [-0.39, 0.29) is 24.2 Å². The van der Waals surface area contributed by atoms with E-state index in [0.29, 0.717) is 17.1 Å². The lowest BCUT2D eigenvalue weighted by Crippen LogP contribution is -2.36. The molecule has 2 atom stereocenters. The van der Waals surface area contributed by atoms with Crippen LogP contribution in [0.5, 0.6) is 5.75 Å². The molecule has 0 fully saturated rings. The number of hydrogen-bond donors (Lipinski definition) is 2. The van der Waals surface area contributed by atoms with Crippen molar-refractivity contribution in [1.82, 2.24) is 15.3 Å². The number of carbonyl (C=O) groups is 1. The van der Waals surface area contributed by atoms with Crippen LogP contribution in [0, 0.1) is 5.82 Å². The fourth-order valence-corrected chi connectivity index (χ4v) is 3.07. The normalized spacial score (nSPS) is 17.1. The van der Waals surface area contributed by atoms with E-state index in [4.69, 9.17) is 9.57 Å². The lowest BCUT2D eigenvalue weighted by atomic mass is 10.0. The maximum atomic E-state index is 13.4. The number of aromatic nitrogens is 2. The van der Waals surface area contributed by atoms with Crippen LogP contribution >= 0.6 is 0 Å². The molecule has 0 aliphatic carbocycles. The molecule has 0 bridgehead atoms. The first-order valence-electron chi connectivity index (χ1n) is 8.86. The Kier molecular flexibility index (Phi) is 4.68. The van der Waals surface area contributed by atoms with Gasteiger partial charge in [-0.25, -0.2) is 9.37 Å². The van der Waals surface area contributed by atoms with Crippen LogP contribution in [-0.2, 0) is 9.63 Å². The number of H-pyrrole nitrogens is 1. The van der Waals surface area contributed by atoms with Crippen LogP contribution < -0.4 is 10.1 Å². The first-order valence-corrected chi connectivity index (χ1v) is 8.86. The summed E-state index contributed by atoms with van der Waals surface area (Å²) in [7, 11) is 1.60. The molecule has 0 radical (unpaired) electrons. The van der Waals surface area contributed by atoms with Crippen LogP contribution in [0.3, 0.4) is 0 Å². The lowest BCUT2D eigenvalue weighted by molar-refractivity contribution is -0.131. The Bertz CT molecular complexity index is 1060. The SMILES string of the molecule is COc1ccc2nc([C@@H](C)NC(=O)[C@@H]3CC(c4cccc(F)c4)=NO3)[nH]c2c1. The number of carbonyl (C=O) groups excluding carboxylic acids is 1. The molecule has 3 aromatic rings. The summed E-state index contributed by atoms with van der Waals surface area (Å²) in [5.74, 6) is 0.686. The summed E-state index contributed by atoms with van der Waals surface area (Å²) >= 11 is 0. The lowest BCUT2D eigenvalue weighted by Gasteiger charge is -2.14. The molecule has 0 saturated heterocycles. The predicted molar refractivity (Wildman–Crippen MR) is 102 cm³/mol. The molecule has 4 rings (SSSR count). The standard InChI is InChI=1S/C20H19FN4O3/c1-11(19-23-15-7-6-14(27-2)9-17(15)24-19)22-20(26)18-10-16(25-28-18)12-4-3-5-13(21)8-12/h3-9,11,18H,10H2,1-2H3,(H,22,26)(H,23,24)/t11-,18+/m1/s1. The Morgan fingerprint density at radius 3 is 3.00 bits per heavy atom. The minimum absolute atomic E-state index is 0.277. The van der Waals surface area contributed by atoms with Gasteiger partial charge in [0.1, 0.15) is 17.4 Å². The molecule has 2 aromatic carbocycles. The van der Waals surface area contributed by atoms with Crippen LogP contribution in [0.2, 0.25) is 0 Å². The molecule has 0 saturated carbocycles. The summed E-state index contributed by atoms with van der Waals surface area (Å²) in [5, 5.41) is 6.81. The number of nitrogens with one attached hydrogen (secondary N) is 2. The fourth-order valence-electron chi connectivity index (χ4n) is 3.07. The topological polar surface area (TPSA) is 88.6 Å². The van der Waals surface area contributed by atoms with Crippen LogP contribution in [0.1, 0.15) is 30.8 Å². The van der Waals surface area contributed by atoms with E-state index in [1.807, 2.05) is 25.1 Å². The van der Waals surface area contributed by atoms with E-state index in [1.165, 1.54) is 12.1 Å². The highest BCUT2D eigenvalue weighted by molar-refractivity contribution is 6.04. The number of hydrogen-bond acceptors (Lipinski definition) is 5. The van der Waals surface area contributed by atoms with Gasteiger partial charge in [-0.3, -0.25) is 4.79 Å². The zero-order chi connectivity index (χ0) is 19.7. The molecular formula is C20H19FN4O3. The summed E-state index contributed by atoms with van der Waals surface area (Å²) in [4.78, 5) is 25.5. The second kappa shape index (κ2) is 7.30. The van der Waals surface area contributed by atoms with Gasteiger partial charge >= 0.3 is 0 Å². The first-order chi connectivity index (χ1) is 13.5. The highest BCUT2D eigenvalue weighted by Crippen LogP contribution is 2.22. The van der Waals surface area contributed by atoms with Crippen LogP contribution in [0.4, 0.5) is 4.39 Å². The number of fused-ring (bicyclic) bond motifs is 1. The van der Waals surface area contributed by atoms with Gasteiger partial charge in [0.15, 0.2) is 0 Å². The zero-order valence-corrected chi connectivity index (χ0v) is 15.4. The monoisotopic (exact) mass is 382 g/mol. The first kappa shape index (κ1) is 18.0. The van der Waals surface area contributed by atoms with Crippen molar-refractivity contribution >= 4 is 22.7 Å². The molecule has 1 aromatic heterocycles. The number of methoxy groups -OCH3 is 1. The van der Waals surface area contributed by atoms with Crippen LogP contribution in [0.25, 0.3) is 11.0 Å². The van der Waals surface area contributed by atoms with Crippen molar-refractivity contribution in [3.63, 3.8) is 0 Å². The Morgan fingerprint density at radius 2 is 2.21 bits per heavy atom. The van der Waals surface area contributed by atoms with Crippen LogP contribution in [0.15, 0.2) is 47.6 Å². The van der Waals surface area contributed by atoms with Crippen molar-refractivity contribution in [2.45, 2.75) is 25.5 Å². The van der Waals surface area contributed by atoms with E-state index >= 15 is 0 Å².